The summed E-state index contributed by atoms with van der Waals surface area (Å²) >= 11 is 0. The maximum Gasteiger partial charge on any atom is 0.224 e. The molecular weight excluding hydrogens is 276 g/mol. The van der Waals surface area contributed by atoms with Crippen molar-refractivity contribution in [2.45, 2.75) is 44.6 Å². The molecule has 0 saturated heterocycles. The number of amides is 1. The maximum atomic E-state index is 12.1. The van der Waals surface area contributed by atoms with Gasteiger partial charge in [-0.15, -0.1) is 0 Å². The van der Waals surface area contributed by atoms with Crippen molar-refractivity contribution in [1.29, 1.82) is 0 Å². The van der Waals surface area contributed by atoms with Crippen LogP contribution >= 0.6 is 0 Å². The first-order chi connectivity index (χ1) is 10.7. The fraction of sp³-hybridized carbons (Fsp3) is 0.500. The minimum absolute atomic E-state index is 0.0271. The van der Waals surface area contributed by atoms with Crippen LogP contribution in [0.4, 0.5) is 0 Å². The fourth-order valence-electron chi connectivity index (χ4n) is 3.44. The smallest absolute Gasteiger partial charge is 0.224 e. The zero-order chi connectivity index (χ0) is 15.1. The molecule has 1 aromatic heterocycles. The molecule has 4 rings (SSSR count). The predicted octanol–water partition coefficient (Wildman–Crippen LogP) is 2.32. The number of hydrogen-bond donors (Lipinski definition) is 2. The zero-order valence-corrected chi connectivity index (χ0v) is 12.7. The normalized spacial score (nSPS) is 18.4. The van der Waals surface area contributed by atoms with E-state index in [1.807, 2.05) is 0 Å². The van der Waals surface area contributed by atoms with E-state index < -0.39 is 0 Å². The molecule has 1 saturated carbocycles. The minimum Gasteiger partial charge on any atom is -0.464 e. The quantitative estimate of drug-likeness (QED) is 0.890. The molecule has 2 aliphatic carbocycles. The third-order valence-corrected chi connectivity index (χ3v) is 4.98. The van der Waals surface area contributed by atoms with E-state index in [1.54, 1.807) is 6.26 Å². The summed E-state index contributed by atoms with van der Waals surface area (Å²) in [6.07, 6.45) is 7.99. The van der Waals surface area contributed by atoms with Crippen LogP contribution in [0.5, 0.6) is 0 Å². The Morgan fingerprint density at radius 1 is 1.32 bits per heavy atom. The summed E-state index contributed by atoms with van der Waals surface area (Å²) in [6.45, 7) is 0.578. The molecule has 2 aromatic rings. The van der Waals surface area contributed by atoms with Gasteiger partial charge in [0.1, 0.15) is 5.58 Å². The van der Waals surface area contributed by atoms with Gasteiger partial charge >= 0.3 is 0 Å². The van der Waals surface area contributed by atoms with Crippen molar-refractivity contribution in [2.24, 2.45) is 11.7 Å². The largest absolute Gasteiger partial charge is 0.464 e. The lowest BCUT2D eigenvalue weighted by atomic mass is 10.0. The van der Waals surface area contributed by atoms with Gasteiger partial charge < -0.3 is 15.5 Å². The number of nitrogens with one attached hydrogen (secondary N) is 1. The number of aryl methyl sites for hydroxylation is 2. The number of benzene rings is 1. The van der Waals surface area contributed by atoms with Gasteiger partial charge in [-0.3, -0.25) is 4.79 Å². The minimum atomic E-state index is 0.0271. The molecule has 1 unspecified atom stereocenters. The first-order valence-corrected chi connectivity index (χ1v) is 8.25. The molecule has 4 heteroatoms. The Labute approximate surface area is 130 Å². The number of carbonyl (C=O) groups is 1. The van der Waals surface area contributed by atoms with E-state index in [9.17, 15) is 4.79 Å². The average molecular weight is 298 g/mol. The number of nitrogens with two attached hydrogens (primary N) is 1. The van der Waals surface area contributed by atoms with Gasteiger partial charge in [-0.2, -0.15) is 0 Å². The number of hydrogen-bond acceptors (Lipinski definition) is 3. The first kappa shape index (κ1) is 13.8. The van der Waals surface area contributed by atoms with Gasteiger partial charge in [0.05, 0.1) is 12.7 Å². The lowest BCUT2D eigenvalue weighted by molar-refractivity contribution is -0.120. The van der Waals surface area contributed by atoms with Crippen LogP contribution in [0.3, 0.4) is 0 Å². The SMILES string of the molecule is NC(CNC(=O)Cc1coc2cc3c(cc12)CCC3)C1CC1. The van der Waals surface area contributed by atoms with E-state index in [2.05, 4.69) is 17.4 Å². The third-order valence-electron chi connectivity index (χ3n) is 4.98. The second-order valence-electron chi connectivity index (χ2n) is 6.71. The molecule has 0 aliphatic heterocycles. The summed E-state index contributed by atoms with van der Waals surface area (Å²) in [5, 5.41) is 4.04. The van der Waals surface area contributed by atoms with Gasteiger partial charge in [0, 0.05) is 23.5 Å². The van der Waals surface area contributed by atoms with Crippen LogP contribution in [0.15, 0.2) is 22.8 Å². The summed E-state index contributed by atoms with van der Waals surface area (Å²) < 4.78 is 5.64. The third kappa shape index (κ3) is 2.63. The lowest BCUT2D eigenvalue weighted by Gasteiger charge is -2.11. The number of carbonyl (C=O) groups excluding carboxylic acids is 1. The molecular formula is C18H22N2O2. The van der Waals surface area contributed by atoms with Gasteiger partial charge in [-0.25, -0.2) is 0 Å². The Hall–Kier alpha value is -1.81. The zero-order valence-electron chi connectivity index (χ0n) is 12.7. The molecule has 1 heterocycles. The fourth-order valence-corrected chi connectivity index (χ4v) is 3.44. The van der Waals surface area contributed by atoms with Crippen molar-refractivity contribution in [3.63, 3.8) is 0 Å². The topological polar surface area (TPSA) is 68.3 Å². The molecule has 0 bridgehead atoms. The van der Waals surface area contributed by atoms with E-state index in [1.165, 1.54) is 30.4 Å². The number of furan rings is 1. The Balaban J connectivity index is 1.45. The van der Waals surface area contributed by atoms with Crippen molar-refractivity contribution >= 4 is 16.9 Å². The average Bonchev–Trinajstić information content (AvgIpc) is 3.16. The standard InChI is InChI=1S/C18H22N2O2/c19-16(11-4-5-11)9-20-18(21)8-14-10-22-17-7-13-3-1-2-12(13)6-15(14)17/h6-7,10-11,16H,1-5,8-9,19H2,(H,20,21). The van der Waals surface area contributed by atoms with Crippen molar-refractivity contribution in [3.05, 3.63) is 35.1 Å². The van der Waals surface area contributed by atoms with E-state index in [0.29, 0.717) is 18.9 Å². The molecule has 2 aliphatic rings. The summed E-state index contributed by atoms with van der Waals surface area (Å²) in [4.78, 5) is 12.1. The van der Waals surface area contributed by atoms with Crippen molar-refractivity contribution in [1.82, 2.24) is 5.32 Å². The van der Waals surface area contributed by atoms with Crippen molar-refractivity contribution in [2.75, 3.05) is 6.54 Å². The molecule has 3 N–H and O–H groups in total. The van der Waals surface area contributed by atoms with Crippen LogP contribution in [0.1, 0.15) is 36.0 Å². The molecule has 0 spiro atoms. The highest BCUT2D eigenvalue weighted by atomic mass is 16.3. The second-order valence-corrected chi connectivity index (χ2v) is 6.71. The molecule has 1 aromatic carbocycles. The number of fused-ring (bicyclic) bond motifs is 2. The van der Waals surface area contributed by atoms with Crippen molar-refractivity contribution in [3.8, 4) is 0 Å². The van der Waals surface area contributed by atoms with Gasteiger partial charge in [-0.05, 0) is 61.3 Å². The highest BCUT2D eigenvalue weighted by Gasteiger charge is 2.28. The Bertz CT molecular complexity index is 715. The molecule has 1 fully saturated rings. The van der Waals surface area contributed by atoms with Crippen molar-refractivity contribution < 1.29 is 9.21 Å². The Morgan fingerprint density at radius 2 is 2.09 bits per heavy atom. The van der Waals surface area contributed by atoms with Crippen LogP contribution in [0.25, 0.3) is 11.0 Å². The Morgan fingerprint density at radius 3 is 2.86 bits per heavy atom. The van der Waals surface area contributed by atoms with E-state index in [0.717, 1.165) is 29.4 Å². The lowest BCUT2D eigenvalue weighted by Crippen LogP contribution is -2.39. The number of rotatable bonds is 5. The molecule has 1 atom stereocenters. The van der Waals surface area contributed by atoms with Gasteiger partial charge in [0.15, 0.2) is 0 Å². The van der Waals surface area contributed by atoms with Crippen LogP contribution in [-0.4, -0.2) is 18.5 Å². The maximum absolute atomic E-state index is 12.1. The highest BCUT2D eigenvalue weighted by Crippen LogP contribution is 2.31. The van der Waals surface area contributed by atoms with Crippen LogP contribution in [-0.2, 0) is 24.1 Å². The summed E-state index contributed by atoms with van der Waals surface area (Å²) in [5.74, 6) is 0.636. The van der Waals surface area contributed by atoms with Gasteiger partial charge in [0.25, 0.3) is 0 Å². The first-order valence-electron chi connectivity index (χ1n) is 8.25. The predicted molar refractivity (Wildman–Crippen MR) is 85.7 cm³/mol. The van der Waals surface area contributed by atoms with Gasteiger partial charge in [0.2, 0.25) is 5.91 Å². The Kier molecular flexibility index (Phi) is 3.41. The van der Waals surface area contributed by atoms with Gasteiger partial charge in [-0.1, -0.05) is 0 Å². The monoisotopic (exact) mass is 298 g/mol. The van der Waals surface area contributed by atoms with Crippen LogP contribution in [0.2, 0.25) is 0 Å². The van der Waals surface area contributed by atoms with Crippen LogP contribution in [0, 0.1) is 5.92 Å². The molecule has 4 nitrogen and oxygen atoms in total. The molecule has 116 valence electrons. The van der Waals surface area contributed by atoms with E-state index in [4.69, 9.17) is 10.2 Å². The molecule has 0 radical (unpaired) electrons. The van der Waals surface area contributed by atoms with Crippen LogP contribution < -0.4 is 11.1 Å². The highest BCUT2D eigenvalue weighted by molar-refractivity contribution is 5.88. The summed E-state index contributed by atoms with van der Waals surface area (Å²) in [6, 6.07) is 4.45. The van der Waals surface area contributed by atoms with E-state index >= 15 is 0 Å². The molecule has 1 amide bonds. The summed E-state index contributed by atoms with van der Waals surface area (Å²) in [5.41, 5.74) is 10.7. The van der Waals surface area contributed by atoms with E-state index in [-0.39, 0.29) is 11.9 Å². The summed E-state index contributed by atoms with van der Waals surface area (Å²) in [7, 11) is 0. The second kappa shape index (κ2) is 5.43. The molecule has 22 heavy (non-hydrogen) atoms.